The molecule has 0 spiro atoms. The van der Waals surface area contributed by atoms with Gasteiger partial charge >= 0.3 is 5.97 Å². The quantitative estimate of drug-likeness (QED) is 0.803. The highest BCUT2D eigenvalue weighted by molar-refractivity contribution is 5.90. The largest absolute Gasteiger partial charge is 0.461 e. The third-order valence-corrected chi connectivity index (χ3v) is 3.74. The second-order valence-electron chi connectivity index (χ2n) is 5.07. The topological polar surface area (TPSA) is 70.1 Å². The fourth-order valence-corrected chi connectivity index (χ4v) is 2.42. The Kier molecular flexibility index (Phi) is 4.45. The van der Waals surface area contributed by atoms with Gasteiger partial charge in [-0.25, -0.2) is 9.48 Å². The third-order valence-electron chi connectivity index (χ3n) is 3.74. The number of unbranched alkanes of at least 4 members (excludes halogenated alkanes) is 1. The molecule has 19 heavy (non-hydrogen) atoms. The van der Waals surface area contributed by atoms with E-state index in [1.54, 1.807) is 11.6 Å². The Bertz CT molecular complexity index is 450. The van der Waals surface area contributed by atoms with E-state index in [1.807, 2.05) is 0 Å². The van der Waals surface area contributed by atoms with Gasteiger partial charge in [0.15, 0.2) is 5.69 Å². The molecule has 0 saturated heterocycles. The van der Waals surface area contributed by atoms with Crippen LogP contribution in [0.25, 0.3) is 0 Å². The number of nitrogen functional groups attached to an aromatic ring is 1. The number of hydrogen-bond donors (Lipinski definition) is 1. The Morgan fingerprint density at radius 1 is 1.47 bits per heavy atom. The molecule has 2 rings (SSSR count). The van der Waals surface area contributed by atoms with E-state index in [0.717, 1.165) is 37.8 Å². The first-order valence-corrected chi connectivity index (χ1v) is 7.22. The van der Waals surface area contributed by atoms with E-state index in [2.05, 4.69) is 12.0 Å². The predicted molar refractivity (Wildman–Crippen MR) is 74.1 cm³/mol. The van der Waals surface area contributed by atoms with Gasteiger partial charge in [-0.1, -0.05) is 19.8 Å². The van der Waals surface area contributed by atoms with Gasteiger partial charge in [-0.05, 0) is 32.1 Å². The SMILES string of the molecule is CCCCn1nc(C(=O)OCC)c(C2CCC2)c1N. The zero-order chi connectivity index (χ0) is 13.8. The molecule has 0 atom stereocenters. The molecule has 1 heterocycles. The van der Waals surface area contributed by atoms with Crippen LogP contribution in [-0.2, 0) is 11.3 Å². The molecule has 0 unspecified atom stereocenters. The Morgan fingerprint density at radius 3 is 2.74 bits per heavy atom. The molecule has 0 radical (unpaired) electrons. The minimum atomic E-state index is -0.341. The highest BCUT2D eigenvalue weighted by Gasteiger charge is 2.31. The molecule has 0 aliphatic heterocycles. The highest BCUT2D eigenvalue weighted by Crippen LogP contribution is 2.41. The number of anilines is 1. The summed E-state index contributed by atoms with van der Waals surface area (Å²) in [4.78, 5) is 12.0. The number of carbonyl (C=O) groups excluding carboxylic acids is 1. The van der Waals surface area contributed by atoms with Gasteiger partial charge in [0.1, 0.15) is 5.82 Å². The van der Waals surface area contributed by atoms with Crippen LogP contribution in [0.15, 0.2) is 0 Å². The lowest BCUT2D eigenvalue weighted by atomic mass is 9.79. The van der Waals surface area contributed by atoms with Crippen LogP contribution < -0.4 is 5.73 Å². The molecule has 2 N–H and O–H groups in total. The molecular weight excluding hydrogens is 242 g/mol. The van der Waals surface area contributed by atoms with Crippen molar-refractivity contribution < 1.29 is 9.53 Å². The van der Waals surface area contributed by atoms with E-state index >= 15 is 0 Å². The number of nitrogens with zero attached hydrogens (tertiary/aromatic N) is 2. The van der Waals surface area contributed by atoms with Crippen LogP contribution >= 0.6 is 0 Å². The Morgan fingerprint density at radius 2 is 2.21 bits per heavy atom. The van der Waals surface area contributed by atoms with Gasteiger partial charge in [-0.2, -0.15) is 5.10 Å². The Hall–Kier alpha value is -1.52. The number of hydrogen-bond acceptors (Lipinski definition) is 4. The number of rotatable bonds is 6. The molecule has 1 aromatic rings. The van der Waals surface area contributed by atoms with Crippen molar-refractivity contribution in [2.45, 2.75) is 58.4 Å². The van der Waals surface area contributed by atoms with E-state index in [1.165, 1.54) is 6.42 Å². The van der Waals surface area contributed by atoms with Gasteiger partial charge in [0, 0.05) is 12.1 Å². The van der Waals surface area contributed by atoms with Crippen LogP contribution in [0.2, 0.25) is 0 Å². The zero-order valence-electron chi connectivity index (χ0n) is 11.8. The van der Waals surface area contributed by atoms with Crippen molar-refractivity contribution in [3.8, 4) is 0 Å². The fourth-order valence-electron chi connectivity index (χ4n) is 2.42. The van der Waals surface area contributed by atoms with E-state index < -0.39 is 0 Å². The smallest absolute Gasteiger partial charge is 0.359 e. The van der Waals surface area contributed by atoms with Gasteiger partial charge in [0.05, 0.1) is 6.61 Å². The van der Waals surface area contributed by atoms with Crippen molar-refractivity contribution >= 4 is 11.8 Å². The number of esters is 1. The Labute approximate surface area is 114 Å². The minimum absolute atomic E-state index is 0.341. The number of ether oxygens (including phenoxy) is 1. The van der Waals surface area contributed by atoms with Crippen molar-refractivity contribution in [1.29, 1.82) is 0 Å². The molecule has 1 aliphatic rings. The maximum absolute atomic E-state index is 12.0. The van der Waals surface area contributed by atoms with E-state index in [-0.39, 0.29) is 5.97 Å². The second-order valence-corrected chi connectivity index (χ2v) is 5.07. The van der Waals surface area contributed by atoms with Crippen LogP contribution in [0.1, 0.15) is 67.9 Å². The average Bonchev–Trinajstić information content (AvgIpc) is 2.64. The standard InChI is InChI=1S/C14H23N3O2/c1-3-5-9-17-13(15)11(10-7-6-8-10)12(16-17)14(18)19-4-2/h10H,3-9,15H2,1-2H3. The molecule has 5 nitrogen and oxygen atoms in total. The molecule has 1 aromatic heterocycles. The van der Waals surface area contributed by atoms with Gasteiger partial charge < -0.3 is 10.5 Å². The van der Waals surface area contributed by atoms with Crippen LogP contribution in [0.4, 0.5) is 5.82 Å². The van der Waals surface area contributed by atoms with Crippen LogP contribution in [0.5, 0.6) is 0 Å². The molecule has 1 saturated carbocycles. The van der Waals surface area contributed by atoms with Crippen molar-refractivity contribution in [3.63, 3.8) is 0 Å². The monoisotopic (exact) mass is 265 g/mol. The van der Waals surface area contributed by atoms with E-state index in [4.69, 9.17) is 10.5 Å². The van der Waals surface area contributed by atoms with Gasteiger partial charge in [-0.3, -0.25) is 0 Å². The molecule has 1 fully saturated rings. The summed E-state index contributed by atoms with van der Waals surface area (Å²) in [6.45, 7) is 5.06. The fraction of sp³-hybridized carbons (Fsp3) is 0.714. The third kappa shape index (κ3) is 2.74. The molecule has 106 valence electrons. The number of carbonyl (C=O) groups is 1. The zero-order valence-corrected chi connectivity index (χ0v) is 11.8. The van der Waals surface area contributed by atoms with Crippen molar-refractivity contribution in [3.05, 3.63) is 11.3 Å². The number of aryl methyl sites for hydroxylation is 1. The summed E-state index contributed by atoms with van der Waals surface area (Å²) >= 11 is 0. The highest BCUT2D eigenvalue weighted by atomic mass is 16.5. The normalized spacial score (nSPS) is 15.3. The molecule has 5 heteroatoms. The maximum atomic E-state index is 12.0. The minimum Gasteiger partial charge on any atom is -0.461 e. The van der Waals surface area contributed by atoms with Crippen LogP contribution in [0, 0.1) is 0 Å². The summed E-state index contributed by atoms with van der Waals surface area (Å²) in [5, 5.41) is 4.39. The lowest BCUT2D eigenvalue weighted by molar-refractivity contribution is 0.0516. The summed E-state index contributed by atoms with van der Waals surface area (Å²) in [6, 6.07) is 0. The van der Waals surface area contributed by atoms with Gasteiger partial charge in [0.25, 0.3) is 0 Å². The van der Waals surface area contributed by atoms with Crippen LogP contribution in [0.3, 0.4) is 0 Å². The first kappa shape index (κ1) is 13.9. The summed E-state index contributed by atoms with van der Waals surface area (Å²) < 4.78 is 6.86. The number of aromatic nitrogens is 2. The first-order chi connectivity index (χ1) is 9.19. The van der Waals surface area contributed by atoms with Crippen molar-refractivity contribution in [1.82, 2.24) is 9.78 Å². The van der Waals surface area contributed by atoms with Crippen molar-refractivity contribution in [2.75, 3.05) is 12.3 Å². The molecule has 0 bridgehead atoms. The maximum Gasteiger partial charge on any atom is 0.359 e. The average molecular weight is 265 g/mol. The predicted octanol–water partition coefficient (Wildman–Crippen LogP) is 2.71. The van der Waals surface area contributed by atoms with E-state index in [9.17, 15) is 4.79 Å². The molecular formula is C14H23N3O2. The van der Waals surface area contributed by atoms with Crippen LogP contribution in [-0.4, -0.2) is 22.4 Å². The summed E-state index contributed by atoms with van der Waals surface area (Å²) in [5.41, 5.74) is 7.53. The first-order valence-electron chi connectivity index (χ1n) is 7.22. The molecule has 0 amide bonds. The lowest BCUT2D eigenvalue weighted by Crippen LogP contribution is -2.15. The lowest BCUT2D eigenvalue weighted by Gasteiger charge is -2.25. The van der Waals surface area contributed by atoms with Gasteiger partial charge in [0.2, 0.25) is 0 Å². The Balaban J connectivity index is 2.30. The summed E-state index contributed by atoms with van der Waals surface area (Å²) in [5.74, 6) is 0.697. The molecule has 0 aromatic carbocycles. The van der Waals surface area contributed by atoms with E-state index in [0.29, 0.717) is 24.0 Å². The second kappa shape index (κ2) is 6.08. The van der Waals surface area contributed by atoms with Crippen molar-refractivity contribution in [2.24, 2.45) is 0 Å². The molecule has 1 aliphatic carbocycles. The number of nitrogens with two attached hydrogens (primary N) is 1. The van der Waals surface area contributed by atoms with Gasteiger partial charge in [-0.15, -0.1) is 0 Å². The summed E-state index contributed by atoms with van der Waals surface area (Å²) in [7, 11) is 0. The summed E-state index contributed by atoms with van der Waals surface area (Å²) in [6.07, 6.45) is 5.48.